The lowest BCUT2D eigenvalue weighted by atomic mass is 10.0. The zero-order valence-electron chi connectivity index (χ0n) is 10.0. The van der Waals surface area contributed by atoms with Crippen LogP contribution in [0.25, 0.3) is 0 Å². The van der Waals surface area contributed by atoms with Crippen molar-refractivity contribution in [1.82, 2.24) is 4.98 Å². The monoisotopic (exact) mass is 290 g/mol. The van der Waals surface area contributed by atoms with Crippen molar-refractivity contribution in [3.05, 3.63) is 32.6 Å². The summed E-state index contributed by atoms with van der Waals surface area (Å²) in [5, 5.41) is 29.8. The SMILES string of the molecule is COC(=O)C(O)C(O)c1cnc(Cl)c([N+](=O)[O-])c1C. The second kappa shape index (κ2) is 5.91. The number of hydrogen-bond donors (Lipinski definition) is 2. The van der Waals surface area contributed by atoms with Crippen LogP contribution in [-0.4, -0.2) is 39.3 Å². The molecule has 0 spiro atoms. The number of aliphatic hydroxyl groups is 2. The molecule has 0 amide bonds. The first-order valence-electron chi connectivity index (χ1n) is 5.04. The van der Waals surface area contributed by atoms with Gasteiger partial charge in [-0.2, -0.15) is 0 Å². The molecule has 0 aliphatic heterocycles. The van der Waals surface area contributed by atoms with Gasteiger partial charge in [0, 0.05) is 17.3 Å². The van der Waals surface area contributed by atoms with Gasteiger partial charge in [-0.05, 0) is 6.92 Å². The largest absolute Gasteiger partial charge is 0.467 e. The Hall–Kier alpha value is -1.77. The summed E-state index contributed by atoms with van der Waals surface area (Å²) in [5.41, 5.74) is -0.551. The molecular formula is C10H11ClN2O6. The van der Waals surface area contributed by atoms with Crippen molar-refractivity contribution in [1.29, 1.82) is 0 Å². The maximum atomic E-state index is 11.1. The molecule has 0 bridgehead atoms. The molecule has 1 rings (SSSR count). The third-order valence-electron chi connectivity index (χ3n) is 2.54. The van der Waals surface area contributed by atoms with Crippen molar-refractivity contribution < 1.29 is 24.7 Å². The third-order valence-corrected chi connectivity index (χ3v) is 2.82. The summed E-state index contributed by atoms with van der Waals surface area (Å²) >= 11 is 5.58. The first kappa shape index (κ1) is 15.3. The molecule has 0 fully saturated rings. The summed E-state index contributed by atoms with van der Waals surface area (Å²) in [7, 11) is 1.04. The fourth-order valence-corrected chi connectivity index (χ4v) is 1.77. The van der Waals surface area contributed by atoms with E-state index in [1.54, 1.807) is 0 Å². The Morgan fingerprint density at radius 3 is 2.63 bits per heavy atom. The number of carbonyl (C=O) groups excluding carboxylic acids is 1. The van der Waals surface area contributed by atoms with Crippen molar-refractivity contribution in [2.45, 2.75) is 19.1 Å². The van der Waals surface area contributed by atoms with E-state index in [-0.39, 0.29) is 16.3 Å². The predicted octanol–water partition coefficient (Wildman–Crippen LogP) is 0.519. The Balaban J connectivity index is 3.25. The second-order valence-corrected chi connectivity index (χ2v) is 4.01. The van der Waals surface area contributed by atoms with Gasteiger partial charge in [0.05, 0.1) is 12.0 Å². The summed E-state index contributed by atoms with van der Waals surface area (Å²) in [6, 6.07) is 0. The van der Waals surface area contributed by atoms with E-state index in [0.717, 1.165) is 13.3 Å². The number of carbonyl (C=O) groups is 1. The highest BCUT2D eigenvalue weighted by atomic mass is 35.5. The number of aromatic nitrogens is 1. The zero-order valence-corrected chi connectivity index (χ0v) is 10.8. The van der Waals surface area contributed by atoms with Crippen LogP contribution in [0.1, 0.15) is 17.2 Å². The highest BCUT2D eigenvalue weighted by Gasteiger charge is 2.31. The molecule has 0 radical (unpaired) electrons. The minimum absolute atomic E-state index is 0.0143. The minimum atomic E-state index is -1.87. The number of nitrogens with zero attached hydrogens (tertiary/aromatic N) is 2. The fraction of sp³-hybridized carbons (Fsp3) is 0.400. The molecule has 1 aromatic rings. The fourth-order valence-electron chi connectivity index (χ4n) is 1.51. The van der Waals surface area contributed by atoms with Crippen LogP contribution in [-0.2, 0) is 9.53 Å². The van der Waals surface area contributed by atoms with Crippen LogP contribution in [0.15, 0.2) is 6.20 Å². The summed E-state index contributed by atoms with van der Waals surface area (Å²) < 4.78 is 4.27. The zero-order chi connectivity index (χ0) is 14.7. The molecule has 2 atom stereocenters. The molecule has 1 aromatic heterocycles. The van der Waals surface area contributed by atoms with Crippen LogP contribution in [0.5, 0.6) is 0 Å². The highest BCUT2D eigenvalue weighted by Crippen LogP contribution is 2.32. The Bertz CT molecular complexity index is 521. The van der Waals surface area contributed by atoms with Gasteiger partial charge >= 0.3 is 11.7 Å². The molecular weight excluding hydrogens is 280 g/mol. The van der Waals surface area contributed by atoms with Gasteiger partial charge in [-0.3, -0.25) is 10.1 Å². The summed E-state index contributed by atoms with van der Waals surface area (Å²) in [6.45, 7) is 1.33. The van der Waals surface area contributed by atoms with Gasteiger partial charge in [-0.25, -0.2) is 9.78 Å². The summed E-state index contributed by atoms with van der Waals surface area (Å²) in [4.78, 5) is 24.7. The lowest BCUT2D eigenvalue weighted by molar-refractivity contribution is -0.385. The van der Waals surface area contributed by atoms with Gasteiger partial charge in [0.15, 0.2) is 6.10 Å². The van der Waals surface area contributed by atoms with Crippen LogP contribution >= 0.6 is 11.6 Å². The van der Waals surface area contributed by atoms with Gasteiger partial charge in [0.2, 0.25) is 5.15 Å². The quantitative estimate of drug-likeness (QED) is 0.358. The number of ether oxygens (including phenoxy) is 1. The second-order valence-electron chi connectivity index (χ2n) is 3.65. The van der Waals surface area contributed by atoms with Gasteiger partial charge < -0.3 is 14.9 Å². The van der Waals surface area contributed by atoms with E-state index in [0.29, 0.717) is 0 Å². The lowest BCUT2D eigenvalue weighted by Crippen LogP contribution is -2.29. The van der Waals surface area contributed by atoms with Crippen LogP contribution in [0, 0.1) is 17.0 Å². The maximum absolute atomic E-state index is 11.1. The van der Waals surface area contributed by atoms with Crippen molar-refractivity contribution in [2.24, 2.45) is 0 Å². The number of esters is 1. The van der Waals surface area contributed by atoms with Gasteiger partial charge in [0.25, 0.3) is 0 Å². The van der Waals surface area contributed by atoms with E-state index >= 15 is 0 Å². The van der Waals surface area contributed by atoms with Gasteiger partial charge in [0.1, 0.15) is 6.10 Å². The van der Waals surface area contributed by atoms with Crippen molar-refractivity contribution in [3.63, 3.8) is 0 Å². The number of hydrogen-bond acceptors (Lipinski definition) is 7. The number of methoxy groups -OCH3 is 1. The smallest absolute Gasteiger partial charge is 0.337 e. The molecule has 0 saturated carbocycles. The number of nitro groups is 1. The average Bonchev–Trinajstić information content (AvgIpc) is 2.36. The topological polar surface area (TPSA) is 123 Å². The molecule has 104 valence electrons. The van der Waals surface area contributed by atoms with E-state index in [1.165, 1.54) is 6.92 Å². The molecule has 19 heavy (non-hydrogen) atoms. The molecule has 1 heterocycles. The van der Waals surface area contributed by atoms with Crippen molar-refractivity contribution in [3.8, 4) is 0 Å². The van der Waals surface area contributed by atoms with Crippen LogP contribution in [0.2, 0.25) is 5.15 Å². The van der Waals surface area contributed by atoms with Crippen molar-refractivity contribution in [2.75, 3.05) is 7.11 Å². The Morgan fingerprint density at radius 2 is 2.16 bits per heavy atom. The Morgan fingerprint density at radius 1 is 1.58 bits per heavy atom. The molecule has 0 aliphatic carbocycles. The number of pyridine rings is 1. The van der Waals surface area contributed by atoms with E-state index in [9.17, 15) is 25.1 Å². The number of aliphatic hydroxyl groups excluding tert-OH is 2. The van der Waals surface area contributed by atoms with E-state index in [2.05, 4.69) is 9.72 Å². The predicted molar refractivity (Wildman–Crippen MR) is 63.6 cm³/mol. The van der Waals surface area contributed by atoms with E-state index in [1.807, 2.05) is 0 Å². The van der Waals surface area contributed by atoms with Gasteiger partial charge in [-0.15, -0.1) is 0 Å². The molecule has 2 N–H and O–H groups in total. The highest BCUT2D eigenvalue weighted by molar-refractivity contribution is 6.31. The van der Waals surface area contributed by atoms with Crippen LogP contribution in [0.4, 0.5) is 5.69 Å². The molecule has 0 aliphatic rings. The third kappa shape index (κ3) is 2.98. The molecule has 8 nitrogen and oxygen atoms in total. The summed E-state index contributed by atoms with van der Waals surface area (Å²) in [5.74, 6) is -1.07. The van der Waals surface area contributed by atoms with Crippen LogP contribution < -0.4 is 0 Å². The normalized spacial score (nSPS) is 13.7. The first-order valence-corrected chi connectivity index (χ1v) is 5.42. The molecule has 2 unspecified atom stereocenters. The maximum Gasteiger partial charge on any atom is 0.337 e. The Kier molecular flexibility index (Phi) is 4.76. The average molecular weight is 291 g/mol. The number of rotatable bonds is 4. The molecule has 0 saturated heterocycles. The molecule has 0 aromatic carbocycles. The number of halogens is 1. The van der Waals surface area contributed by atoms with Crippen LogP contribution in [0.3, 0.4) is 0 Å². The van der Waals surface area contributed by atoms with Gasteiger partial charge in [-0.1, -0.05) is 11.6 Å². The summed E-state index contributed by atoms with van der Waals surface area (Å²) in [6.07, 6.45) is -2.51. The lowest BCUT2D eigenvalue weighted by Gasteiger charge is -2.17. The standard InChI is InChI=1S/C10H11ClN2O6/c1-4-5(7(14)8(15)10(16)19-2)3-12-9(11)6(4)13(17)18/h3,7-8,14-15H,1-2H3. The van der Waals surface area contributed by atoms with E-state index < -0.39 is 28.8 Å². The molecule has 9 heteroatoms. The Labute approximate surface area is 112 Å². The van der Waals surface area contributed by atoms with E-state index in [4.69, 9.17) is 11.6 Å². The first-order chi connectivity index (χ1) is 8.81. The van der Waals surface area contributed by atoms with Crippen molar-refractivity contribution >= 4 is 23.3 Å². The minimum Gasteiger partial charge on any atom is -0.467 e.